The minimum Gasteiger partial charge on any atom is -0.466 e. The van der Waals surface area contributed by atoms with E-state index in [9.17, 15) is 9.59 Å². The Bertz CT molecular complexity index is 673. The van der Waals surface area contributed by atoms with Crippen LogP contribution in [0.2, 0.25) is 0 Å². The number of carbonyl (C=O) groups excluding carboxylic acids is 2. The van der Waals surface area contributed by atoms with Gasteiger partial charge in [-0.3, -0.25) is 14.4 Å². The van der Waals surface area contributed by atoms with E-state index < -0.39 is 12.1 Å². The SMILES string of the molecule is CCOC(=O)CC(C)N(S)C(=O)Nc1noc2ccccc12. The van der Waals surface area contributed by atoms with Gasteiger partial charge >= 0.3 is 12.0 Å². The maximum absolute atomic E-state index is 12.1. The van der Waals surface area contributed by atoms with Gasteiger partial charge in [-0.05, 0) is 26.0 Å². The van der Waals surface area contributed by atoms with Crippen LogP contribution in [-0.2, 0) is 9.53 Å². The third-order valence-corrected chi connectivity index (χ3v) is 3.57. The molecule has 0 radical (unpaired) electrons. The summed E-state index contributed by atoms with van der Waals surface area (Å²) in [4.78, 5) is 23.6. The van der Waals surface area contributed by atoms with Crippen molar-refractivity contribution in [2.45, 2.75) is 26.3 Å². The number of anilines is 1. The number of rotatable bonds is 5. The summed E-state index contributed by atoms with van der Waals surface area (Å²) in [5, 5.41) is 7.10. The van der Waals surface area contributed by atoms with E-state index in [0.717, 1.165) is 4.31 Å². The van der Waals surface area contributed by atoms with Gasteiger partial charge in [0, 0.05) is 0 Å². The van der Waals surface area contributed by atoms with Crippen molar-refractivity contribution in [1.82, 2.24) is 9.46 Å². The number of aromatic nitrogens is 1. The third-order valence-electron chi connectivity index (χ3n) is 3.00. The van der Waals surface area contributed by atoms with Crippen LogP contribution < -0.4 is 5.32 Å². The lowest BCUT2D eigenvalue weighted by atomic mass is 10.2. The quantitative estimate of drug-likeness (QED) is 0.653. The van der Waals surface area contributed by atoms with Crippen molar-refractivity contribution in [2.75, 3.05) is 11.9 Å². The standard InChI is InChI=1S/C14H17N3O4S/c1-3-20-12(18)8-9(2)17(22)14(19)15-13-10-6-4-5-7-11(10)21-16-13/h4-7,9,22H,3,8H2,1-2H3,(H,15,16,19). The maximum Gasteiger partial charge on any atom is 0.333 e. The first-order valence-corrected chi connectivity index (χ1v) is 7.22. The molecule has 2 aromatic rings. The molecule has 8 heteroatoms. The Morgan fingerprint density at radius 1 is 1.45 bits per heavy atom. The molecule has 0 aliphatic heterocycles. The van der Waals surface area contributed by atoms with E-state index in [-0.39, 0.29) is 12.4 Å². The lowest BCUT2D eigenvalue weighted by Gasteiger charge is -2.22. The van der Waals surface area contributed by atoms with E-state index >= 15 is 0 Å². The number of fused-ring (bicyclic) bond motifs is 1. The highest BCUT2D eigenvalue weighted by molar-refractivity contribution is 7.78. The normalized spacial score (nSPS) is 12.0. The summed E-state index contributed by atoms with van der Waals surface area (Å²) < 4.78 is 11.1. The van der Waals surface area contributed by atoms with E-state index in [0.29, 0.717) is 23.4 Å². The predicted octanol–water partition coefficient (Wildman–Crippen LogP) is 2.85. The van der Waals surface area contributed by atoms with Crippen molar-refractivity contribution in [3.63, 3.8) is 0 Å². The fraction of sp³-hybridized carbons (Fsp3) is 0.357. The Balaban J connectivity index is 2.00. The molecule has 0 saturated carbocycles. The number of hydrogen-bond donors (Lipinski definition) is 2. The van der Waals surface area contributed by atoms with Crippen LogP contribution in [0.25, 0.3) is 11.0 Å². The zero-order chi connectivity index (χ0) is 16.1. The molecule has 0 saturated heterocycles. The smallest absolute Gasteiger partial charge is 0.333 e. The van der Waals surface area contributed by atoms with Crippen LogP contribution in [0, 0.1) is 0 Å². The lowest BCUT2D eigenvalue weighted by Crippen LogP contribution is -2.36. The molecular formula is C14H17N3O4S. The molecule has 2 amide bonds. The molecule has 1 unspecified atom stereocenters. The molecular weight excluding hydrogens is 306 g/mol. The highest BCUT2D eigenvalue weighted by atomic mass is 32.1. The Kier molecular flexibility index (Phi) is 5.26. The molecule has 1 aromatic carbocycles. The average molecular weight is 323 g/mol. The topological polar surface area (TPSA) is 84.7 Å². The number of nitrogens with one attached hydrogen (secondary N) is 1. The van der Waals surface area contributed by atoms with E-state index in [1.54, 1.807) is 26.0 Å². The van der Waals surface area contributed by atoms with Crippen molar-refractivity contribution in [3.8, 4) is 0 Å². The predicted molar refractivity (Wildman–Crippen MR) is 84.6 cm³/mol. The molecule has 2 rings (SSSR count). The molecule has 0 aliphatic carbocycles. The van der Waals surface area contributed by atoms with Crippen LogP contribution in [0.5, 0.6) is 0 Å². The van der Waals surface area contributed by atoms with Gasteiger partial charge in [0.2, 0.25) is 0 Å². The molecule has 7 nitrogen and oxygen atoms in total. The molecule has 1 atom stereocenters. The first kappa shape index (κ1) is 16.2. The number of nitrogens with zero attached hydrogens (tertiary/aromatic N) is 2. The van der Waals surface area contributed by atoms with Gasteiger partial charge in [-0.1, -0.05) is 30.1 Å². The molecule has 1 N–H and O–H groups in total. The minimum atomic E-state index is -0.501. The second-order valence-corrected chi connectivity index (χ2v) is 5.09. The summed E-state index contributed by atoms with van der Waals surface area (Å²) >= 11 is 4.12. The number of amides is 2. The van der Waals surface area contributed by atoms with Gasteiger partial charge in [-0.25, -0.2) is 4.79 Å². The van der Waals surface area contributed by atoms with Crippen molar-refractivity contribution >= 4 is 41.6 Å². The zero-order valence-corrected chi connectivity index (χ0v) is 13.2. The molecule has 22 heavy (non-hydrogen) atoms. The third kappa shape index (κ3) is 3.70. The molecule has 0 bridgehead atoms. The molecule has 0 spiro atoms. The van der Waals surface area contributed by atoms with E-state index in [4.69, 9.17) is 9.26 Å². The van der Waals surface area contributed by atoms with Gasteiger partial charge in [0.1, 0.15) is 0 Å². The van der Waals surface area contributed by atoms with Gasteiger partial charge in [0.15, 0.2) is 11.4 Å². The fourth-order valence-electron chi connectivity index (χ4n) is 1.88. The number of esters is 1. The van der Waals surface area contributed by atoms with Gasteiger partial charge in [0.25, 0.3) is 0 Å². The van der Waals surface area contributed by atoms with Crippen LogP contribution >= 0.6 is 12.8 Å². The number of urea groups is 1. The van der Waals surface area contributed by atoms with Crippen LogP contribution in [0.4, 0.5) is 10.6 Å². The Morgan fingerprint density at radius 3 is 2.91 bits per heavy atom. The first-order valence-electron chi connectivity index (χ1n) is 6.82. The van der Waals surface area contributed by atoms with Crippen molar-refractivity contribution in [1.29, 1.82) is 0 Å². The Hall–Kier alpha value is -2.22. The highest BCUT2D eigenvalue weighted by Gasteiger charge is 2.22. The Labute approximate surface area is 133 Å². The number of ether oxygens (including phenoxy) is 1. The van der Waals surface area contributed by atoms with Gasteiger partial charge in [0.05, 0.1) is 24.5 Å². The average Bonchev–Trinajstić information content (AvgIpc) is 2.90. The molecule has 118 valence electrons. The fourth-order valence-corrected chi connectivity index (χ4v) is 2.01. The number of hydrogen-bond acceptors (Lipinski definition) is 6. The minimum absolute atomic E-state index is 0.0598. The summed E-state index contributed by atoms with van der Waals surface area (Å²) in [7, 11) is 0. The molecule has 1 aromatic heterocycles. The maximum atomic E-state index is 12.1. The number of thiol groups is 1. The monoisotopic (exact) mass is 323 g/mol. The van der Waals surface area contributed by atoms with Crippen LogP contribution in [0.1, 0.15) is 20.3 Å². The summed E-state index contributed by atoms with van der Waals surface area (Å²) in [5.41, 5.74) is 0.572. The van der Waals surface area contributed by atoms with E-state index in [2.05, 4.69) is 23.3 Å². The van der Waals surface area contributed by atoms with Crippen molar-refractivity contribution < 1.29 is 18.8 Å². The van der Waals surface area contributed by atoms with Crippen LogP contribution in [0.3, 0.4) is 0 Å². The summed E-state index contributed by atoms with van der Waals surface area (Å²) in [5.74, 6) is -0.0725. The van der Waals surface area contributed by atoms with Gasteiger partial charge < -0.3 is 9.26 Å². The van der Waals surface area contributed by atoms with Crippen molar-refractivity contribution in [2.24, 2.45) is 0 Å². The van der Waals surface area contributed by atoms with Crippen LogP contribution in [-0.4, -0.2) is 34.1 Å². The number of benzene rings is 1. The summed E-state index contributed by atoms with van der Waals surface area (Å²) in [6, 6.07) is 6.23. The number of para-hydroxylation sites is 1. The van der Waals surface area contributed by atoms with Crippen LogP contribution in [0.15, 0.2) is 28.8 Å². The molecule has 0 fully saturated rings. The van der Waals surface area contributed by atoms with E-state index in [1.807, 2.05) is 12.1 Å². The first-order chi connectivity index (χ1) is 10.5. The van der Waals surface area contributed by atoms with E-state index in [1.165, 1.54) is 0 Å². The number of carbonyl (C=O) groups is 2. The lowest BCUT2D eigenvalue weighted by molar-refractivity contribution is -0.143. The highest BCUT2D eigenvalue weighted by Crippen LogP contribution is 2.23. The second kappa shape index (κ2) is 7.17. The van der Waals surface area contributed by atoms with Gasteiger partial charge in [-0.2, -0.15) is 0 Å². The van der Waals surface area contributed by atoms with Crippen molar-refractivity contribution in [3.05, 3.63) is 24.3 Å². The Morgan fingerprint density at radius 2 is 2.18 bits per heavy atom. The largest absolute Gasteiger partial charge is 0.466 e. The summed E-state index contributed by atoms with van der Waals surface area (Å²) in [6.45, 7) is 3.73. The van der Waals surface area contributed by atoms with Gasteiger partial charge in [-0.15, -0.1) is 0 Å². The zero-order valence-electron chi connectivity index (χ0n) is 12.3. The summed E-state index contributed by atoms with van der Waals surface area (Å²) in [6.07, 6.45) is 0.0598. The second-order valence-electron chi connectivity index (χ2n) is 4.66. The molecule has 0 aliphatic rings. The molecule has 1 heterocycles.